The molecule has 5 nitrogen and oxygen atoms in total. The van der Waals surface area contributed by atoms with Gasteiger partial charge >= 0.3 is 0 Å². The van der Waals surface area contributed by atoms with Crippen LogP contribution in [0.4, 0.5) is 5.69 Å². The lowest BCUT2D eigenvalue weighted by Gasteiger charge is -2.22. The van der Waals surface area contributed by atoms with Crippen LogP contribution < -0.4 is 5.32 Å². The summed E-state index contributed by atoms with van der Waals surface area (Å²) in [6, 6.07) is 3.75. The number of rotatable bonds is 5. The summed E-state index contributed by atoms with van der Waals surface area (Å²) in [4.78, 5) is 15.5. The van der Waals surface area contributed by atoms with Crippen molar-refractivity contribution >= 4 is 27.2 Å². The summed E-state index contributed by atoms with van der Waals surface area (Å²) in [6.07, 6.45) is 0.920. The van der Waals surface area contributed by atoms with E-state index < -0.39 is 0 Å². The molecule has 0 saturated carbocycles. The molecule has 0 saturated heterocycles. The van der Waals surface area contributed by atoms with Crippen LogP contribution in [0.5, 0.6) is 0 Å². The first-order valence-corrected chi connectivity index (χ1v) is 7.52. The normalized spacial score (nSPS) is 14.4. The first-order valence-electron chi connectivity index (χ1n) is 6.70. The molecule has 0 aliphatic heterocycles. The summed E-state index contributed by atoms with van der Waals surface area (Å²) in [5, 5.41) is 15.5. The highest BCUT2D eigenvalue weighted by Gasteiger charge is 2.25. The van der Waals surface area contributed by atoms with Crippen molar-refractivity contribution in [3.63, 3.8) is 0 Å². The molecule has 2 rings (SSSR count). The average Bonchev–Trinajstić information content (AvgIpc) is 2.77. The van der Waals surface area contributed by atoms with Crippen LogP contribution in [0.3, 0.4) is 0 Å². The van der Waals surface area contributed by atoms with E-state index in [9.17, 15) is 10.1 Å². The largest absolute Gasteiger partial charge is 0.316 e. The third kappa shape index (κ3) is 2.66. The average molecular weight is 293 g/mol. The number of fused-ring (bicyclic) bond motifs is 1. The Labute approximate surface area is 122 Å². The molecule has 1 aromatic carbocycles. The minimum absolute atomic E-state index is 0.0665. The molecule has 0 aliphatic carbocycles. The van der Waals surface area contributed by atoms with Crippen LogP contribution in [-0.2, 0) is 0 Å². The van der Waals surface area contributed by atoms with Gasteiger partial charge in [0.2, 0.25) is 0 Å². The minimum atomic E-state index is -0.289. The molecular formula is C14H19N3O2S. The topological polar surface area (TPSA) is 68.1 Å². The first kappa shape index (κ1) is 14.9. The summed E-state index contributed by atoms with van der Waals surface area (Å²) in [7, 11) is 1.89. The minimum Gasteiger partial charge on any atom is -0.316 e. The Morgan fingerprint density at radius 2 is 2.20 bits per heavy atom. The fourth-order valence-corrected chi connectivity index (χ4v) is 3.48. The van der Waals surface area contributed by atoms with Gasteiger partial charge in [0.1, 0.15) is 0 Å². The standard InChI is InChI=1S/C14H19N3O2S/c1-5-11(15-4)8(2)10-6-12-14(20-9(3)16-12)7-13(10)17(18)19/h6-8,11,15H,5H2,1-4H3. The molecule has 0 bridgehead atoms. The van der Waals surface area contributed by atoms with E-state index >= 15 is 0 Å². The Hall–Kier alpha value is -1.53. The number of nitro groups is 1. The van der Waals surface area contributed by atoms with Gasteiger partial charge < -0.3 is 5.32 Å². The van der Waals surface area contributed by atoms with E-state index in [1.807, 2.05) is 27.0 Å². The van der Waals surface area contributed by atoms with Crippen LogP contribution in [0.25, 0.3) is 10.2 Å². The molecule has 2 aromatic rings. The van der Waals surface area contributed by atoms with Crippen LogP contribution in [0.1, 0.15) is 36.8 Å². The number of aryl methyl sites for hydroxylation is 1. The third-order valence-corrected chi connectivity index (χ3v) is 4.68. The van der Waals surface area contributed by atoms with Gasteiger partial charge in [-0.15, -0.1) is 11.3 Å². The maximum absolute atomic E-state index is 11.3. The molecule has 0 radical (unpaired) electrons. The number of benzene rings is 1. The van der Waals surface area contributed by atoms with Crippen molar-refractivity contribution in [1.29, 1.82) is 0 Å². The Balaban J connectivity index is 2.59. The molecule has 0 amide bonds. The number of hydrogen-bond acceptors (Lipinski definition) is 5. The second kappa shape index (κ2) is 5.85. The molecule has 20 heavy (non-hydrogen) atoms. The number of nitrogens with one attached hydrogen (secondary N) is 1. The molecule has 0 fully saturated rings. The van der Waals surface area contributed by atoms with E-state index in [-0.39, 0.29) is 22.6 Å². The van der Waals surface area contributed by atoms with Crippen LogP contribution in [-0.4, -0.2) is 23.0 Å². The zero-order valence-corrected chi connectivity index (χ0v) is 13.0. The summed E-state index contributed by atoms with van der Waals surface area (Å²) < 4.78 is 0.877. The highest BCUT2D eigenvalue weighted by atomic mass is 32.1. The van der Waals surface area contributed by atoms with Gasteiger partial charge in [-0.05, 0) is 26.5 Å². The van der Waals surface area contributed by atoms with E-state index in [0.29, 0.717) is 0 Å². The van der Waals surface area contributed by atoms with Crippen molar-refractivity contribution in [3.8, 4) is 0 Å². The lowest BCUT2D eigenvalue weighted by atomic mass is 9.90. The van der Waals surface area contributed by atoms with Crippen molar-refractivity contribution in [1.82, 2.24) is 10.3 Å². The van der Waals surface area contributed by atoms with Gasteiger partial charge in [0.05, 0.1) is 20.1 Å². The Morgan fingerprint density at radius 3 is 2.75 bits per heavy atom. The summed E-state index contributed by atoms with van der Waals surface area (Å²) in [5.74, 6) is 0.0665. The van der Waals surface area contributed by atoms with Gasteiger partial charge in [0, 0.05) is 23.6 Å². The van der Waals surface area contributed by atoms with Gasteiger partial charge in [-0.2, -0.15) is 0 Å². The van der Waals surface area contributed by atoms with Crippen LogP contribution in [0, 0.1) is 17.0 Å². The predicted octanol–water partition coefficient (Wildman–Crippen LogP) is 3.61. The van der Waals surface area contributed by atoms with Crippen molar-refractivity contribution in [2.75, 3.05) is 7.05 Å². The van der Waals surface area contributed by atoms with Crippen LogP contribution in [0.15, 0.2) is 12.1 Å². The molecule has 108 valence electrons. The van der Waals surface area contributed by atoms with Gasteiger partial charge in [0.25, 0.3) is 5.69 Å². The number of aromatic nitrogens is 1. The quantitative estimate of drug-likeness (QED) is 0.675. The summed E-state index contributed by atoms with van der Waals surface area (Å²) in [6.45, 7) is 6.02. The monoisotopic (exact) mass is 293 g/mol. The van der Waals surface area contributed by atoms with Gasteiger partial charge in [-0.25, -0.2) is 4.98 Å². The Kier molecular flexibility index (Phi) is 4.35. The van der Waals surface area contributed by atoms with E-state index in [4.69, 9.17) is 0 Å². The van der Waals surface area contributed by atoms with Crippen molar-refractivity contribution in [3.05, 3.63) is 32.8 Å². The van der Waals surface area contributed by atoms with Crippen LogP contribution in [0.2, 0.25) is 0 Å². The first-order chi connectivity index (χ1) is 9.47. The highest BCUT2D eigenvalue weighted by molar-refractivity contribution is 7.18. The number of nitro benzene ring substituents is 1. The molecule has 1 aromatic heterocycles. The zero-order valence-electron chi connectivity index (χ0n) is 12.1. The highest BCUT2D eigenvalue weighted by Crippen LogP contribution is 2.35. The van der Waals surface area contributed by atoms with Crippen LogP contribution >= 0.6 is 11.3 Å². The summed E-state index contributed by atoms with van der Waals surface area (Å²) in [5.41, 5.74) is 1.81. The molecular weight excluding hydrogens is 274 g/mol. The predicted molar refractivity (Wildman–Crippen MR) is 82.6 cm³/mol. The second-order valence-electron chi connectivity index (χ2n) is 4.96. The molecule has 2 unspecified atom stereocenters. The lowest BCUT2D eigenvalue weighted by molar-refractivity contribution is -0.385. The van der Waals surface area contributed by atoms with Gasteiger partial charge in [0.15, 0.2) is 0 Å². The molecule has 6 heteroatoms. The smallest absolute Gasteiger partial charge is 0.274 e. The van der Waals surface area contributed by atoms with Gasteiger partial charge in [-0.3, -0.25) is 10.1 Å². The number of nitrogens with zero attached hydrogens (tertiary/aromatic N) is 2. The number of thiazole rings is 1. The second-order valence-corrected chi connectivity index (χ2v) is 6.20. The number of hydrogen-bond donors (Lipinski definition) is 1. The van der Waals surface area contributed by atoms with Crippen molar-refractivity contribution in [2.24, 2.45) is 0 Å². The van der Waals surface area contributed by atoms with Gasteiger partial charge in [-0.1, -0.05) is 13.8 Å². The van der Waals surface area contributed by atoms with E-state index in [1.54, 1.807) is 6.07 Å². The third-order valence-electron chi connectivity index (χ3n) is 3.75. The molecule has 0 aliphatic rings. The molecule has 0 spiro atoms. The zero-order chi connectivity index (χ0) is 14.9. The molecule has 2 atom stereocenters. The number of likely N-dealkylation sites (N-methyl/N-ethyl adjacent to an activating group) is 1. The van der Waals surface area contributed by atoms with Crippen molar-refractivity contribution < 1.29 is 4.92 Å². The maximum atomic E-state index is 11.3. The molecule has 1 N–H and O–H groups in total. The Morgan fingerprint density at radius 1 is 1.50 bits per heavy atom. The van der Waals surface area contributed by atoms with E-state index in [0.717, 1.165) is 27.2 Å². The SMILES string of the molecule is CCC(NC)C(C)c1cc2nc(C)sc2cc1[N+](=O)[O-]. The van der Waals surface area contributed by atoms with Crippen molar-refractivity contribution in [2.45, 2.75) is 39.2 Å². The maximum Gasteiger partial charge on any atom is 0.274 e. The Bertz CT molecular complexity index is 635. The lowest BCUT2D eigenvalue weighted by Crippen LogP contribution is -2.30. The van der Waals surface area contributed by atoms with E-state index in [1.165, 1.54) is 11.3 Å². The fourth-order valence-electron chi connectivity index (χ4n) is 2.64. The summed E-state index contributed by atoms with van der Waals surface area (Å²) >= 11 is 1.49. The fraction of sp³-hybridized carbons (Fsp3) is 0.500. The van der Waals surface area contributed by atoms with E-state index in [2.05, 4.69) is 17.2 Å². The molecule has 1 heterocycles.